The maximum absolute atomic E-state index is 12.6. The minimum absolute atomic E-state index is 0.00187. The third-order valence-corrected chi connectivity index (χ3v) is 4.77. The van der Waals surface area contributed by atoms with Crippen LogP contribution in [-0.4, -0.2) is 40.6 Å². The van der Waals surface area contributed by atoms with E-state index in [1.54, 1.807) is 35.1 Å². The van der Waals surface area contributed by atoms with Gasteiger partial charge in [0.15, 0.2) is 0 Å². The highest BCUT2D eigenvalue weighted by molar-refractivity contribution is 5.68. The summed E-state index contributed by atoms with van der Waals surface area (Å²) < 4.78 is 42.7. The standard InChI is InChI=1S/C21H19F2N3O5/c22-21(23)31-16-5-6-18(20(11-16)30-17-8-10-29-13-17)19-7-9-25(24-19)12-14-1-3-15(4-2-14)26(27)28/h1-7,9,11,17,21H,8,10,12-13H2/t17-/m1/s1. The van der Waals surface area contributed by atoms with Crippen molar-refractivity contribution >= 4 is 5.69 Å². The van der Waals surface area contributed by atoms with Crippen molar-refractivity contribution in [3.05, 3.63) is 70.4 Å². The number of nitrogens with zero attached hydrogens (tertiary/aromatic N) is 3. The van der Waals surface area contributed by atoms with Gasteiger partial charge in [0, 0.05) is 36.4 Å². The third kappa shape index (κ3) is 5.15. The monoisotopic (exact) mass is 431 g/mol. The molecule has 1 aliphatic heterocycles. The van der Waals surface area contributed by atoms with Crippen LogP contribution >= 0.6 is 0 Å². The van der Waals surface area contributed by atoms with Gasteiger partial charge in [-0.1, -0.05) is 12.1 Å². The molecule has 3 aromatic rings. The maximum Gasteiger partial charge on any atom is 0.387 e. The lowest BCUT2D eigenvalue weighted by Gasteiger charge is -2.16. The number of benzene rings is 2. The van der Waals surface area contributed by atoms with E-state index in [-0.39, 0.29) is 17.5 Å². The van der Waals surface area contributed by atoms with E-state index in [0.29, 0.717) is 43.2 Å². The molecule has 1 saturated heterocycles. The van der Waals surface area contributed by atoms with Gasteiger partial charge in [0.25, 0.3) is 5.69 Å². The summed E-state index contributed by atoms with van der Waals surface area (Å²) in [6.07, 6.45) is 2.29. The van der Waals surface area contributed by atoms with Gasteiger partial charge in [0.2, 0.25) is 0 Å². The van der Waals surface area contributed by atoms with Gasteiger partial charge in [-0.3, -0.25) is 14.8 Å². The van der Waals surface area contributed by atoms with Gasteiger partial charge < -0.3 is 14.2 Å². The second-order valence-electron chi connectivity index (χ2n) is 6.96. The smallest absolute Gasteiger partial charge is 0.387 e. The second kappa shape index (κ2) is 9.09. The van der Waals surface area contributed by atoms with E-state index in [0.717, 1.165) is 5.56 Å². The van der Waals surface area contributed by atoms with Crippen LogP contribution in [0.15, 0.2) is 54.7 Å². The Kier molecular flexibility index (Phi) is 6.08. The molecule has 1 fully saturated rings. The zero-order valence-electron chi connectivity index (χ0n) is 16.3. The summed E-state index contributed by atoms with van der Waals surface area (Å²) >= 11 is 0. The molecule has 4 rings (SSSR count). The molecule has 0 amide bonds. The highest BCUT2D eigenvalue weighted by atomic mass is 19.3. The molecule has 1 aliphatic rings. The van der Waals surface area contributed by atoms with Crippen LogP contribution < -0.4 is 9.47 Å². The SMILES string of the molecule is O=[N+]([O-])c1ccc(Cn2ccc(-c3ccc(OC(F)F)cc3O[C@@H]3CCOC3)n2)cc1. The Balaban J connectivity index is 1.56. The van der Waals surface area contributed by atoms with Crippen LogP contribution in [-0.2, 0) is 11.3 Å². The fourth-order valence-corrected chi connectivity index (χ4v) is 3.28. The molecule has 10 heteroatoms. The van der Waals surface area contributed by atoms with Gasteiger partial charge in [-0.05, 0) is 23.8 Å². The molecule has 0 N–H and O–H groups in total. The van der Waals surface area contributed by atoms with Gasteiger partial charge >= 0.3 is 6.61 Å². The largest absolute Gasteiger partial charge is 0.487 e. The third-order valence-electron chi connectivity index (χ3n) is 4.77. The number of nitro benzene ring substituents is 1. The summed E-state index contributed by atoms with van der Waals surface area (Å²) in [6.45, 7) is -1.52. The molecule has 31 heavy (non-hydrogen) atoms. The van der Waals surface area contributed by atoms with Crippen LogP contribution in [0.25, 0.3) is 11.3 Å². The van der Waals surface area contributed by atoms with Crippen LogP contribution in [0, 0.1) is 10.1 Å². The van der Waals surface area contributed by atoms with E-state index in [1.165, 1.54) is 24.3 Å². The lowest BCUT2D eigenvalue weighted by molar-refractivity contribution is -0.384. The number of nitro groups is 1. The number of alkyl halides is 2. The van der Waals surface area contributed by atoms with E-state index >= 15 is 0 Å². The van der Waals surface area contributed by atoms with Crippen molar-refractivity contribution in [3.8, 4) is 22.8 Å². The van der Waals surface area contributed by atoms with E-state index in [9.17, 15) is 18.9 Å². The first-order valence-electron chi connectivity index (χ1n) is 9.58. The lowest BCUT2D eigenvalue weighted by Crippen LogP contribution is -2.16. The Labute approximate surface area is 176 Å². The second-order valence-corrected chi connectivity index (χ2v) is 6.96. The number of halogens is 2. The average molecular weight is 431 g/mol. The van der Waals surface area contributed by atoms with Gasteiger partial charge in [-0.15, -0.1) is 0 Å². The van der Waals surface area contributed by atoms with Gasteiger partial charge in [0.05, 0.1) is 30.4 Å². The summed E-state index contributed by atoms with van der Waals surface area (Å²) in [6, 6.07) is 12.5. The average Bonchev–Trinajstić information content (AvgIpc) is 3.40. The van der Waals surface area contributed by atoms with E-state index in [1.807, 2.05) is 0 Å². The topological polar surface area (TPSA) is 88.7 Å². The molecule has 8 nitrogen and oxygen atoms in total. The number of aromatic nitrogens is 2. The molecule has 0 bridgehead atoms. The van der Waals surface area contributed by atoms with Crippen LogP contribution in [0.4, 0.5) is 14.5 Å². The van der Waals surface area contributed by atoms with Crippen LogP contribution in [0.1, 0.15) is 12.0 Å². The summed E-state index contributed by atoms with van der Waals surface area (Å²) in [7, 11) is 0. The van der Waals surface area contributed by atoms with Crippen molar-refractivity contribution in [2.24, 2.45) is 0 Å². The quantitative estimate of drug-likeness (QED) is 0.391. The molecule has 1 atom stereocenters. The molecule has 0 radical (unpaired) electrons. The minimum Gasteiger partial charge on any atom is -0.487 e. The van der Waals surface area contributed by atoms with Gasteiger partial charge in [-0.2, -0.15) is 13.9 Å². The van der Waals surface area contributed by atoms with Crippen molar-refractivity contribution in [1.29, 1.82) is 0 Å². The molecule has 2 heterocycles. The van der Waals surface area contributed by atoms with E-state index < -0.39 is 11.5 Å². The van der Waals surface area contributed by atoms with Gasteiger partial charge in [-0.25, -0.2) is 0 Å². The molecule has 162 valence electrons. The molecular formula is C21H19F2N3O5. The lowest BCUT2D eigenvalue weighted by atomic mass is 10.1. The van der Waals surface area contributed by atoms with Crippen LogP contribution in [0.2, 0.25) is 0 Å². The van der Waals surface area contributed by atoms with Crippen molar-refractivity contribution < 1.29 is 27.9 Å². The predicted octanol–water partition coefficient (Wildman–Crippen LogP) is 4.28. The van der Waals surface area contributed by atoms with Crippen LogP contribution in [0.3, 0.4) is 0 Å². The molecule has 0 unspecified atom stereocenters. The number of hydrogen-bond donors (Lipinski definition) is 0. The van der Waals surface area contributed by atoms with E-state index in [2.05, 4.69) is 9.84 Å². The first kappa shape index (κ1) is 20.7. The Morgan fingerprint density at radius 1 is 1.23 bits per heavy atom. The summed E-state index contributed by atoms with van der Waals surface area (Å²) in [5, 5.41) is 15.3. The number of non-ortho nitro benzene ring substituents is 1. The zero-order valence-corrected chi connectivity index (χ0v) is 16.3. The summed E-state index contributed by atoms with van der Waals surface area (Å²) in [4.78, 5) is 10.3. The van der Waals surface area contributed by atoms with E-state index in [4.69, 9.17) is 9.47 Å². The molecule has 2 aromatic carbocycles. The summed E-state index contributed by atoms with van der Waals surface area (Å²) in [5.74, 6) is 0.382. The number of hydrogen-bond acceptors (Lipinski definition) is 6. The Bertz CT molecular complexity index is 1050. The Hall–Kier alpha value is -3.53. The molecule has 0 saturated carbocycles. The first-order valence-corrected chi connectivity index (χ1v) is 9.58. The molecule has 0 spiro atoms. The number of rotatable bonds is 8. The fraction of sp³-hybridized carbons (Fsp3) is 0.286. The molecule has 1 aromatic heterocycles. The van der Waals surface area contributed by atoms with Crippen molar-refractivity contribution in [2.75, 3.05) is 13.2 Å². The van der Waals surface area contributed by atoms with Gasteiger partial charge in [0.1, 0.15) is 17.6 Å². The summed E-state index contributed by atoms with van der Waals surface area (Å²) in [5.41, 5.74) is 2.10. The number of ether oxygens (including phenoxy) is 3. The predicted molar refractivity (Wildman–Crippen MR) is 106 cm³/mol. The van der Waals surface area contributed by atoms with Crippen molar-refractivity contribution in [3.63, 3.8) is 0 Å². The highest BCUT2D eigenvalue weighted by Gasteiger charge is 2.21. The first-order chi connectivity index (χ1) is 15.0. The zero-order chi connectivity index (χ0) is 21.8. The molecule has 0 aliphatic carbocycles. The molecular weight excluding hydrogens is 412 g/mol. The highest BCUT2D eigenvalue weighted by Crippen LogP contribution is 2.34. The van der Waals surface area contributed by atoms with Crippen molar-refractivity contribution in [2.45, 2.75) is 25.7 Å². The fourth-order valence-electron chi connectivity index (χ4n) is 3.28. The van der Waals surface area contributed by atoms with Crippen molar-refractivity contribution in [1.82, 2.24) is 9.78 Å². The maximum atomic E-state index is 12.6. The van der Waals surface area contributed by atoms with Crippen LogP contribution in [0.5, 0.6) is 11.5 Å². The Morgan fingerprint density at radius 2 is 2.03 bits per heavy atom. The minimum atomic E-state index is -2.94. The Morgan fingerprint density at radius 3 is 2.71 bits per heavy atom. The normalized spacial score (nSPS) is 15.9.